The van der Waals surface area contributed by atoms with Gasteiger partial charge in [-0.1, -0.05) is 39.5 Å². The van der Waals surface area contributed by atoms with E-state index in [2.05, 4.69) is 18.7 Å². The lowest BCUT2D eigenvalue weighted by molar-refractivity contribution is 0.199. The molecule has 0 radical (unpaired) electrons. The van der Waals surface area contributed by atoms with Crippen LogP contribution in [-0.4, -0.2) is 30.6 Å². The van der Waals surface area contributed by atoms with Crippen molar-refractivity contribution in [2.75, 3.05) is 19.6 Å². The van der Waals surface area contributed by atoms with Crippen LogP contribution in [-0.2, 0) is 0 Å². The van der Waals surface area contributed by atoms with Gasteiger partial charge < -0.3 is 10.6 Å². The lowest BCUT2D eigenvalue weighted by atomic mass is 9.94. The quantitative estimate of drug-likeness (QED) is 0.642. The van der Waals surface area contributed by atoms with Crippen molar-refractivity contribution in [2.45, 2.75) is 77.7 Å². The number of rotatable bonds is 10. The summed E-state index contributed by atoms with van der Waals surface area (Å²) in [7, 11) is 0. The van der Waals surface area contributed by atoms with Crippen LogP contribution in [0.4, 0.5) is 0 Å². The molecule has 1 atom stereocenters. The lowest BCUT2D eigenvalue weighted by Crippen LogP contribution is -2.34. The van der Waals surface area contributed by atoms with E-state index in [9.17, 15) is 0 Å². The first kappa shape index (κ1) is 16.0. The highest BCUT2D eigenvalue weighted by Crippen LogP contribution is 2.24. The van der Waals surface area contributed by atoms with Crippen LogP contribution in [0.5, 0.6) is 0 Å². The predicted octanol–water partition coefficient (Wildman–Crippen LogP) is 3.80. The standard InChI is InChI=1S/C16H34N2/c1-3-8-15(12-13-17)9-7-14-18(4-2)16-10-5-6-11-16/h15-16H,3-14,17H2,1-2H3. The first-order valence-electron chi connectivity index (χ1n) is 8.25. The van der Waals surface area contributed by atoms with Crippen LogP contribution < -0.4 is 5.73 Å². The molecule has 0 aromatic rings. The molecule has 2 heteroatoms. The number of hydrogen-bond acceptors (Lipinski definition) is 2. The molecule has 0 heterocycles. The zero-order chi connectivity index (χ0) is 13.2. The summed E-state index contributed by atoms with van der Waals surface area (Å²) in [6.45, 7) is 8.03. The van der Waals surface area contributed by atoms with Crippen LogP contribution in [0.25, 0.3) is 0 Å². The molecule has 1 aliphatic carbocycles. The van der Waals surface area contributed by atoms with Gasteiger partial charge in [0.05, 0.1) is 0 Å². The van der Waals surface area contributed by atoms with Crippen molar-refractivity contribution in [3.8, 4) is 0 Å². The molecule has 108 valence electrons. The zero-order valence-electron chi connectivity index (χ0n) is 12.7. The maximum absolute atomic E-state index is 5.71. The molecule has 0 amide bonds. The molecular weight excluding hydrogens is 220 g/mol. The van der Waals surface area contributed by atoms with Crippen LogP contribution in [0, 0.1) is 5.92 Å². The van der Waals surface area contributed by atoms with Crippen molar-refractivity contribution in [3.63, 3.8) is 0 Å². The normalized spacial score (nSPS) is 18.7. The van der Waals surface area contributed by atoms with E-state index in [1.807, 2.05) is 0 Å². The van der Waals surface area contributed by atoms with Crippen LogP contribution in [0.3, 0.4) is 0 Å². The Labute approximate surface area is 114 Å². The van der Waals surface area contributed by atoms with Crippen LogP contribution in [0.2, 0.25) is 0 Å². The fourth-order valence-corrected chi connectivity index (χ4v) is 3.53. The van der Waals surface area contributed by atoms with Gasteiger partial charge in [0.1, 0.15) is 0 Å². The summed E-state index contributed by atoms with van der Waals surface area (Å²) in [6.07, 6.45) is 12.4. The van der Waals surface area contributed by atoms with Crippen molar-refractivity contribution in [3.05, 3.63) is 0 Å². The third-order valence-corrected chi connectivity index (χ3v) is 4.58. The van der Waals surface area contributed by atoms with Gasteiger partial charge in [-0.3, -0.25) is 0 Å². The minimum atomic E-state index is 0.866. The van der Waals surface area contributed by atoms with Crippen molar-refractivity contribution in [1.82, 2.24) is 4.90 Å². The van der Waals surface area contributed by atoms with E-state index >= 15 is 0 Å². The summed E-state index contributed by atoms with van der Waals surface area (Å²) in [5, 5.41) is 0. The van der Waals surface area contributed by atoms with E-state index < -0.39 is 0 Å². The Bertz CT molecular complexity index is 182. The number of nitrogens with zero attached hydrogens (tertiary/aromatic N) is 1. The van der Waals surface area contributed by atoms with Gasteiger partial charge in [-0.05, 0) is 57.7 Å². The van der Waals surface area contributed by atoms with Gasteiger partial charge in [0.25, 0.3) is 0 Å². The molecule has 0 aromatic heterocycles. The van der Waals surface area contributed by atoms with Crippen molar-refractivity contribution < 1.29 is 0 Å². The largest absolute Gasteiger partial charge is 0.330 e. The van der Waals surface area contributed by atoms with E-state index in [-0.39, 0.29) is 0 Å². The maximum Gasteiger partial charge on any atom is 0.00951 e. The molecule has 1 saturated carbocycles. The van der Waals surface area contributed by atoms with Gasteiger partial charge in [0, 0.05) is 6.04 Å². The molecule has 0 aliphatic heterocycles. The number of nitrogens with two attached hydrogens (primary N) is 1. The fourth-order valence-electron chi connectivity index (χ4n) is 3.53. The molecule has 1 rings (SSSR count). The predicted molar refractivity (Wildman–Crippen MR) is 80.8 cm³/mol. The van der Waals surface area contributed by atoms with Crippen molar-refractivity contribution in [1.29, 1.82) is 0 Å². The van der Waals surface area contributed by atoms with Crippen LogP contribution in [0.15, 0.2) is 0 Å². The molecule has 1 fully saturated rings. The SMILES string of the molecule is CCCC(CCN)CCCN(CC)C1CCCC1. The van der Waals surface area contributed by atoms with Gasteiger partial charge >= 0.3 is 0 Å². The van der Waals surface area contributed by atoms with E-state index in [4.69, 9.17) is 5.73 Å². The Morgan fingerprint density at radius 1 is 1.11 bits per heavy atom. The smallest absolute Gasteiger partial charge is 0.00951 e. The molecule has 2 nitrogen and oxygen atoms in total. The summed E-state index contributed by atoms with van der Waals surface area (Å²) >= 11 is 0. The minimum Gasteiger partial charge on any atom is -0.330 e. The first-order valence-corrected chi connectivity index (χ1v) is 8.25. The van der Waals surface area contributed by atoms with Gasteiger partial charge in [0.2, 0.25) is 0 Å². The summed E-state index contributed by atoms with van der Waals surface area (Å²) in [6, 6.07) is 0.897. The zero-order valence-corrected chi connectivity index (χ0v) is 12.7. The second-order valence-electron chi connectivity index (χ2n) is 5.94. The summed E-state index contributed by atoms with van der Waals surface area (Å²) in [5.41, 5.74) is 5.71. The Hall–Kier alpha value is -0.0800. The Morgan fingerprint density at radius 2 is 1.83 bits per heavy atom. The maximum atomic E-state index is 5.71. The summed E-state index contributed by atoms with van der Waals surface area (Å²) < 4.78 is 0. The van der Waals surface area contributed by atoms with E-state index in [0.717, 1.165) is 18.5 Å². The Balaban J connectivity index is 2.20. The summed E-state index contributed by atoms with van der Waals surface area (Å²) in [4.78, 5) is 2.72. The van der Waals surface area contributed by atoms with Gasteiger partial charge in [-0.15, -0.1) is 0 Å². The van der Waals surface area contributed by atoms with Crippen molar-refractivity contribution >= 4 is 0 Å². The van der Waals surface area contributed by atoms with Crippen molar-refractivity contribution in [2.24, 2.45) is 11.7 Å². The fraction of sp³-hybridized carbons (Fsp3) is 1.00. The lowest BCUT2D eigenvalue weighted by Gasteiger charge is -2.28. The van der Waals surface area contributed by atoms with E-state index in [1.165, 1.54) is 70.9 Å². The van der Waals surface area contributed by atoms with Crippen LogP contribution >= 0.6 is 0 Å². The topological polar surface area (TPSA) is 29.3 Å². The molecule has 0 spiro atoms. The third-order valence-electron chi connectivity index (χ3n) is 4.58. The molecule has 0 aromatic carbocycles. The minimum absolute atomic E-state index is 0.866. The summed E-state index contributed by atoms with van der Waals surface area (Å²) in [5.74, 6) is 0.877. The molecule has 2 N–H and O–H groups in total. The molecule has 1 aliphatic rings. The highest BCUT2D eigenvalue weighted by Gasteiger charge is 2.20. The third kappa shape index (κ3) is 5.71. The van der Waals surface area contributed by atoms with Gasteiger partial charge in [-0.2, -0.15) is 0 Å². The van der Waals surface area contributed by atoms with E-state index in [1.54, 1.807) is 0 Å². The van der Waals surface area contributed by atoms with Gasteiger partial charge in [0.15, 0.2) is 0 Å². The Kier molecular flexibility index (Phi) is 8.70. The highest BCUT2D eigenvalue weighted by molar-refractivity contribution is 4.77. The molecule has 0 saturated heterocycles. The molecule has 1 unspecified atom stereocenters. The monoisotopic (exact) mass is 254 g/mol. The number of hydrogen-bond donors (Lipinski definition) is 1. The van der Waals surface area contributed by atoms with E-state index in [0.29, 0.717) is 0 Å². The Morgan fingerprint density at radius 3 is 2.39 bits per heavy atom. The highest BCUT2D eigenvalue weighted by atomic mass is 15.1. The average molecular weight is 254 g/mol. The molecule has 18 heavy (non-hydrogen) atoms. The van der Waals surface area contributed by atoms with Gasteiger partial charge in [-0.25, -0.2) is 0 Å². The second-order valence-corrected chi connectivity index (χ2v) is 5.94. The van der Waals surface area contributed by atoms with Crippen LogP contribution in [0.1, 0.15) is 71.6 Å². The molecule has 0 bridgehead atoms. The first-order chi connectivity index (χ1) is 8.81. The second kappa shape index (κ2) is 9.80. The molecular formula is C16H34N2. The average Bonchev–Trinajstić information content (AvgIpc) is 2.89.